The fourth-order valence-electron chi connectivity index (χ4n) is 10.6. The zero-order valence-corrected chi connectivity index (χ0v) is 44.6. The third kappa shape index (κ3) is 15.9. The van der Waals surface area contributed by atoms with Crippen molar-refractivity contribution < 1.29 is 72.1 Å². The van der Waals surface area contributed by atoms with E-state index in [1.807, 2.05) is 51.2 Å². The second-order valence-electron chi connectivity index (χ2n) is 21.1. The number of carbonyl (C=O) groups excluding carboxylic acids is 5. The minimum Gasteiger partial charge on any atom is -0.460 e. The van der Waals surface area contributed by atoms with Gasteiger partial charge in [0.1, 0.15) is 24.1 Å². The molecule has 4 rings (SSSR count). The zero-order chi connectivity index (χ0) is 52.2. The lowest BCUT2D eigenvalue weighted by molar-refractivity contribution is -0.265. The number of carbonyl (C=O) groups is 5. The quantitative estimate of drug-likeness (QED) is 0.0995. The van der Waals surface area contributed by atoms with E-state index >= 15 is 0 Å². The maximum atomic E-state index is 14.5. The number of esters is 1. The van der Waals surface area contributed by atoms with Crippen molar-refractivity contribution in [1.82, 2.24) is 4.90 Å². The van der Waals surface area contributed by atoms with Gasteiger partial charge < -0.3 is 48.4 Å². The van der Waals surface area contributed by atoms with E-state index in [9.17, 15) is 43.9 Å². The van der Waals surface area contributed by atoms with Gasteiger partial charge >= 0.3 is 5.97 Å². The van der Waals surface area contributed by atoms with Crippen LogP contribution in [0.25, 0.3) is 0 Å². The number of ketones is 3. The first-order valence-corrected chi connectivity index (χ1v) is 27.8. The molecule has 3 fully saturated rings. The monoisotopic (exact) mass is 1010 g/mol. The van der Waals surface area contributed by atoms with Crippen LogP contribution in [0.15, 0.2) is 47.6 Å². The lowest BCUT2D eigenvalue weighted by atomic mass is 9.78. The number of nitrogens with zero attached hydrogens (tertiary/aromatic N) is 1. The molecule has 0 aromatic carbocycles. The van der Waals surface area contributed by atoms with Crippen LogP contribution < -0.4 is 0 Å². The summed E-state index contributed by atoms with van der Waals surface area (Å²) in [5.41, 5.74) is 1.19. The molecule has 16 nitrogen and oxygen atoms in total. The number of aliphatic hydroxyl groups excluding tert-OH is 2. The van der Waals surface area contributed by atoms with Gasteiger partial charge in [0, 0.05) is 71.8 Å². The Bertz CT molecular complexity index is 1980. The van der Waals surface area contributed by atoms with E-state index < -0.39 is 97.2 Å². The minimum atomic E-state index is -2.82. The second-order valence-corrected chi connectivity index (χ2v) is 23.8. The summed E-state index contributed by atoms with van der Waals surface area (Å²) < 4.78 is 48.0. The second kappa shape index (κ2) is 26.7. The van der Waals surface area contributed by atoms with Crippen LogP contribution in [-0.2, 0) is 56.7 Å². The van der Waals surface area contributed by atoms with E-state index in [0.717, 1.165) is 10.5 Å². The molecule has 4 aliphatic rings. The van der Waals surface area contributed by atoms with Gasteiger partial charge in [-0.1, -0.05) is 71.1 Å². The SMILES string of the molecule is CO[C@H]1C[C@@H]2CC[C@@H](C)[C@@](O)(O2)C(=O)C(=O)N2CCCC(O)[C@H]2C(=O)O[C@H]([C@H](C)C[C@@H]2CC[C@@H](OP(C)(C)=O)[C@H](OC)C2)CC(=O)[C@H](C)/C=C(\C)[C@@H](O)[C@@H](OC)C(=O)[C@H](C)C[C@H](C)/C=C/C=C/C=C/1C. The number of amides is 1. The number of hydrogen-bond acceptors (Lipinski definition) is 15. The van der Waals surface area contributed by atoms with Crippen LogP contribution >= 0.6 is 7.37 Å². The van der Waals surface area contributed by atoms with Crippen LogP contribution in [0.5, 0.6) is 0 Å². The maximum absolute atomic E-state index is 14.5. The number of aliphatic hydroxyl groups is 3. The van der Waals surface area contributed by atoms with Crippen molar-refractivity contribution in [3.63, 3.8) is 0 Å². The Morgan fingerprint density at radius 3 is 2.20 bits per heavy atom. The Morgan fingerprint density at radius 1 is 0.857 bits per heavy atom. The van der Waals surface area contributed by atoms with Crippen LogP contribution in [0.4, 0.5) is 0 Å². The molecule has 1 saturated carbocycles. The fraction of sp³-hybridized carbons (Fsp3) is 0.755. The van der Waals surface area contributed by atoms with Crippen molar-refractivity contribution in [3.8, 4) is 0 Å². The number of methoxy groups -OCH3 is 3. The minimum absolute atomic E-state index is 0.00381. The number of piperidine rings is 1. The van der Waals surface area contributed by atoms with Crippen LogP contribution in [0.3, 0.4) is 0 Å². The third-order valence-electron chi connectivity index (χ3n) is 14.9. The molecule has 1 amide bonds. The molecule has 17 heteroatoms. The Kier molecular flexibility index (Phi) is 22.6. The van der Waals surface area contributed by atoms with Crippen molar-refractivity contribution in [2.75, 3.05) is 41.2 Å². The van der Waals surface area contributed by atoms with E-state index in [0.29, 0.717) is 50.5 Å². The number of cyclic esters (lactones) is 1. The van der Waals surface area contributed by atoms with E-state index in [1.165, 1.54) is 7.11 Å². The van der Waals surface area contributed by atoms with Crippen molar-refractivity contribution in [2.45, 2.75) is 180 Å². The molecule has 1 unspecified atom stereocenters. The van der Waals surface area contributed by atoms with Crippen molar-refractivity contribution in [2.24, 2.45) is 35.5 Å². The predicted molar refractivity (Wildman–Crippen MR) is 265 cm³/mol. The van der Waals surface area contributed by atoms with E-state index in [4.69, 9.17) is 28.2 Å². The van der Waals surface area contributed by atoms with E-state index in [-0.39, 0.29) is 67.8 Å². The molecule has 0 aromatic rings. The van der Waals surface area contributed by atoms with Crippen molar-refractivity contribution in [3.05, 3.63) is 47.6 Å². The summed E-state index contributed by atoms with van der Waals surface area (Å²) in [6.07, 6.45) is 8.11. The topological polar surface area (TPSA) is 222 Å². The Morgan fingerprint density at radius 2 is 1.56 bits per heavy atom. The first kappa shape index (κ1) is 59.4. The molecular weight excluding hydrogens is 922 g/mol. The highest BCUT2D eigenvalue weighted by molar-refractivity contribution is 7.57. The Labute approximate surface area is 416 Å². The van der Waals surface area contributed by atoms with Crippen molar-refractivity contribution >= 4 is 36.6 Å². The standard InChI is InChI=1S/C53H84NO15P/c1-31-17-14-13-15-18-32(2)43(64-8)29-39-22-20-37(7)53(62,68-39)50(59)51(60)54-24-16-19-40(55)46(54)52(61)67-44(34(4)27-38-21-23-42(45(28-38)65-9)69-70(11,12)63)30-41(56)33(3)26-36(6)48(58)49(66-10)47(57)35(5)25-31/h13-15,17-18,26,31,33-35,37-40,42-46,48-49,55,58,62H,16,19-25,27-30H2,1-12H3/b15-13+,17-14+,32-18+,36-26+/t31-,33-,34-,35-,37-,38+,39+,40?,42-,43+,44+,45-,46+,48-,49+,53-/m1/s1. The van der Waals surface area contributed by atoms with E-state index in [2.05, 4.69) is 0 Å². The third-order valence-corrected chi connectivity index (χ3v) is 15.7. The van der Waals surface area contributed by atoms with Gasteiger partial charge in [-0.05, 0) is 101 Å². The molecule has 3 N–H and O–H groups in total. The van der Waals surface area contributed by atoms with Gasteiger partial charge in [-0.15, -0.1) is 0 Å². The highest BCUT2D eigenvalue weighted by Gasteiger charge is 2.54. The number of fused-ring (bicyclic) bond motifs is 3. The normalized spacial score (nSPS) is 39.7. The molecule has 2 bridgehead atoms. The highest BCUT2D eigenvalue weighted by atomic mass is 31.2. The fourth-order valence-corrected chi connectivity index (χ4v) is 11.5. The summed E-state index contributed by atoms with van der Waals surface area (Å²) >= 11 is 0. The molecule has 16 atom stereocenters. The maximum Gasteiger partial charge on any atom is 0.331 e. The molecule has 70 heavy (non-hydrogen) atoms. The Balaban J connectivity index is 1.73. The molecule has 3 aliphatic heterocycles. The number of Topliss-reactive ketones (excluding diaryl/α,β-unsaturated/α-hetero) is 3. The van der Waals surface area contributed by atoms with Crippen LogP contribution in [0, 0.1) is 35.5 Å². The molecule has 0 spiro atoms. The predicted octanol–water partition coefficient (Wildman–Crippen LogP) is 6.71. The lowest BCUT2D eigenvalue weighted by Crippen LogP contribution is -2.63. The average molecular weight is 1010 g/mol. The van der Waals surface area contributed by atoms with Gasteiger partial charge in [0.25, 0.3) is 11.7 Å². The number of hydrogen-bond donors (Lipinski definition) is 3. The van der Waals surface area contributed by atoms with Gasteiger partial charge in [-0.25, -0.2) is 4.79 Å². The number of ether oxygens (including phenoxy) is 5. The van der Waals surface area contributed by atoms with Gasteiger partial charge in [-0.2, -0.15) is 0 Å². The summed E-state index contributed by atoms with van der Waals surface area (Å²) in [6, 6.07) is -1.63. The largest absolute Gasteiger partial charge is 0.460 e. The van der Waals surface area contributed by atoms with Crippen LogP contribution in [-0.4, -0.2) is 151 Å². The molecule has 396 valence electrons. The summed E-state index contributed by atoms with van der Waals surface area (Å²) in [6.45, 7) is 15.5. The number of allylic oxidation sites excluding steroid dienone is 6. The highest BCUT2D eigenvalue weighted by Crippen LogP contribution is 2.45. The van der Waals surface area contributed by atoms with Crippen LogP contribution in [0.2, 0.25) is 0 Å². The molecular formula is C53H84NO15P. The Hall–Kier alpha value is -3.18. The molecule has 0 aromatic heterocycles. The first-order valence-electron chi connectivity index (χ1n) is 25.3. The van der Waals surface area contributed by atoms with Crippen molar-refractivity contribution in [1.29, 1.82) is 0 Å². The van der Waals surface area contributed by atoms with Gasteiger partial charge in [0.15, 0.2) is 19.2 Å². The zero-order valence-electron chi connectivity index (χ0n) is 43.7. The molecule has 2 saturated heterocycles. The number of rotatable bonds is 8. The summed E-state index contributed by atoms with van der Waals surface area (Å²) in [5, 5.41) is 34.9. The molecule has 1 aliphatic carbocycles. The molecule has 3 heterocycles. The van der Waals surface area contributed by atoms with Gasteiger partial charge in [0.2, 0.25) is 5.79 Å². The smallest absolute Gasteiger partial charge is 0.331 e. The van der Waals surface area contributed by atoms with E-state index in [1.54, 1.807) is 61.3 Å². The lowest BCUT2D eigenvalue weighted by Gasteiger charge is -2.43. The summed E-state index contributed by atoms with van der Waals surface area (Å²) in [4.78, 5) is 72.1. The van der Waals surface area contributed by atoms with Gasteiger partial charge in [0.05, 0.1) is 30.5 Å². The molecule has 0 radical (unpaired) electrons. The summed E-state index contributed by atoms with van der Waals surface area (Å²) in [5.74, 6) is -9.12. The average Bonchev–Trinajstić information content (AvgIpc) is 3.30. The van der Waals surface area contributed by atoms with Gasteiger partial charge in [-0.3, -0.25) is 23.7 Å². The first-order chi connectivity index (χ1) is 32.8. The summed E-state index contributed by atoms with van der Waals surface area (Å²) in [7, 11) is 1.67. The van der Waals surface area contributed by atoms with Crippen LogP contribution in [0.1, 0.15) is 119 Å².